The molecule has 1 saturated heterocycles. The van der Waals surface area contributed by atoms with Crippen LogP contribution >= 0.6 is 24.0 Å². The number of thioether (sulfide) groups is 1. The Hall–Kier alpha value is -2.84. The lowest BCUT2D eigenvalue weighted by molar-refractivity contribution is -0.145. The van der Waals surface area contributed by atoms with Gasteiger partial charge in [0.05, 0.1) is 18.1 Å². The molecule has 1 aliphatic heterocycles. The van der Waals surface area contributed by atoms with E-state index >= 15 is 0 Å². The number of hydrogen-bond donors (Lipinski definition) is 1. The predicted molar refractivity (Wildman–Crippen MR) is 130 cm³/mol. The summed E-state index contributed by atoms with van der Waals surface area (Å²) < 4.78 is 11.7. The minimum Gasteiger partial charge on any atom is -0.490 e. The van der Waals surface area contributed by atoms with Crippen molar-refractivity contribution >= 4 is 46.3 Å². The molecule has 0 aliphatic carbocycles. The number of ether oxygens (including phenoxy) is 2. The molecule has 0 radical (unpaired) electrons. The summed E-state index contributed by atoms with van der Waals surface area (Å²) in [7, 11) is 0. The number of aliphatic carboxylic acids is 1. The van der Waals surface area contributed by atoms with E-state index in [4.69, 9.17) is 21.7 Å². The molecule has 1 aliphatic rings. The molecule has 0 spiro atoms. The number of carbonyl (C=O) groups excluding carboxylic acids is 1. The van der Waals surface area contributed by atoms with Crippen molar-refractivity contribution in [2.75, 3.05) is 13.2 Å². The summed E-state index contributed by atoms with van der Waals surface area (Å²) in [6.45, 7) is 5.07. The van der Waals surface area contributed by atoms with Crippen LogP contribution in [0.2, 0.25) is 0 Å². The van der Waals surface area contributed by atoms with Gasteiger partial charge in [0.25, 0.3) is 5.91 Å². The third kappa shape index (κ3) is 5.49. The van der Waals surface area contributed by atoms with Crippen LogP contribution in [0.15, 0.2) is 53.4 Å². The fraction of sp³-hybridized carbons (Fsp3) is 0.292. The van der Waals surface area contributed by atoms with Crippen LogP contribution in [0.5, 0.6) is 11.5 Å². The monoisotopic (exact) mass is 471 g/mol. The second-order valence-corrected chi connectivity index (χ2v) is 8.72. The highest BCUT2D eigenvalue weighted by Crippen LogP contribution is 2.39. The molecule has 3 rings (SSSR count). The number of hydrogen-bond acceptors (Lipinski definition) is 6. The average molecular weight is 472 g/mol. The Morgan fingerprint density at radius 1 is 1.16 bits per heavy atom. The number of carbonyl (C=O) groups is 2. The zero-order valence-corrected chi connectivity index (χ0v) is 19.6. The van der Waals surface area contributed by atoms with E-state index in [-0.39, 0.29) is 4.32 Å². The number of unbranched alkanes of at least 4 members (excludes halogenated alkanes) is 1. The lowest BCUT2D eigenvalue weighted by atomic mass is 10.1. The van der Waals surface area contributed by atoms with Gasteiger partial charge in [0, 0.05) is 0 Å². The van der Waals surface area contributed by atoms with Gasteiger partial charge in [-0.1, -0.05) is 73.7 Å². The van der Waals surface area contributed by atoms with Crippen LogP contribution in [-0.2, 0) is 9.59 Å². The van der Waals surface area contributed by atoms with E-state index in [1.165, 1.54) is 0 Å². The van der Waals surface area contributed by atoms with Gasteiger partial charge in [0.2, 0.25) is 0 Å². The van der Waals surface area contributed by atoms with Crippen molar-refractivity contribution in [2.45, 2.75) is 32.7 Å². The van der Waals surface area contributed by atoms with Gasteiger partial charge in [0.15, 0.2) is 17.5 Å². The molecular formula is C24H25NO5S2. The molecule has 168 valence electrons. The van der Waals surface area contributed by atoms with Gasteiger partial charge in [0.1, 0.15) is 4.32 Å². The summed E-state index contributed by atoms with van der Waals surface area (Å²) in [5.74, 6) is -0.320. The van der Waals surface area contributed by atoms with Gasteiger partial charge in [-0.25, -0.2) is 4.79 Å². The molecule has 1 N–H and O–H groups in total. The van der Waals surface area contributed by atoms with E-state index in [1.807, 2.05) is 25.1 Å². The molecule has 2 aromatic carbocycles. The van der Waals surface area contributed by atoms with Crippen LogP contribution in [0, 0.1) is 0 Å². The molecule has 0 saturated carbocycles. The Bertz CT molecular complexity index is 1020. The molecule has 1 heterocycles. The van der Waals surface area contributed by atoms with Crippen molar-refractivity contribution in [1.29, 1.82) is 0 Å². The normalized spacial score (nSPS) is 15.8. The maximum atomic E-state index is 13.1. The Kier molecular flexibility index (Phi) is 8.30. The molecule has 0 bridgehead atoms. The van der Waals surface area contributed by atoms with Crippen molar-refractivity contribution in [1.82, 2.24) is 4.90 Å². The lowest BCUT2D eigenvalue weighted by Gasteiger charge is -2.23. The quantitative estimate of drug-likeness (QED) is 0.287. The van der Waals surface area contributed by atoms with Gasteiger partial charge in [-0.05, 0) is 42.7 Å². The smallest absolute Gasteiger partial charge is 0.331 e. The van der Waals surface area contributed by atoms with Crippen LogP contribution in [-0.4, -0.2) is 39.4 Å². The van der Waals surface area contributed by atoms with E-state index in [9.17, 15) is 14.7 Å². The Morgan fingerprint density at radius 3 is 2.56 bits per heavy atom. The molecule has 0 aromatic heterocycles. The summed E-state index contributed by atoms with van der Waals surface area (Å²) in [6.07, 6.45) is 3.67. The first-order valence-electron chi connectivity index (χ1n) is 10.4. The number of benzene rings is 2. The zero-order chi connectivity index (χ0) is 23.1. The first kappa shape index (κ1) is 23.8. The largest absolute Gasteiger partial charge is 0.490 e. The summed E-state index contributed by atoms with van der Waals surface area (Å²) >= 11 is 6.46. The summed E-state index contributed by atoms with van der Waals surface area (Å²) in [4.78, 5) is 26.6. The van der Waals surface area contributed by atoms with Crippen molar-refractivity contribution in [2.24, 2.45) is 0 Å². The fourth-order valence-corrected chi connectivity index (χ4v) is 4.53. The summed E-state index contributed by atoms with van der Waals surface area (Å²) in [6, 6.07) is 12.9. The topological polar surface area (TPSA) is 76.1 Å². The van der Waals surface area contributed by atoms with Crippen LogP contribution in [0.4, 0.5) is 0 Å². The highest BCUT2D eigenvalue weighted by atomic mass is 32.2. The van der Waals surface area contributed by atoms with E-state index < -0.39 is 17.9 Å². The number of carboxylic acid groups (broad SMARTS) is 1. The van der Waals surface area contributed by atoms with Gasteiger partial charge in [-0.15, -0.1) is 0 Å². The van der Waals surface area contributed by atoms with Gasteiger partial charge in [-0.2, -0.15) is 0 Å². The number of carboxylic acids is 1. The zero-order valence-electron chi connectivity index (χ0n) is 17.9. The molecule has 1 atom stereocenters. The van der Waals surface area contributed by atoms with E-state index in [0.717, 1.165) is 35.1 Å². The molecule has 32 heavy (non-hydrogen) atoms. The molecule has 1 amide bonds. The van der Waals surface area contributed by atoms with Gasteiger partial charge < -0.3 is 14.6 Å². The predicted octanol–water partition coefficient (Wildman–Crippen LogP) is 5.29. The molecule has 1 unspecified atom stereocenters. The highest BCUT2D eigenvalue weighted by molar-refractivity contribution is 8.26. The number of amides is 1. The second-order valence-electron chi connectivity index (χ2n) is 7.04. The van der Waals surface area contributed by atoms with Crippen LogP contribution in [0.1, 0.15) is 43.9 Å². The van der Waals surface area contributed by atoms with Gasteiger partial charge >= 0.3 is 5.97 Å². The van der Waals surface area contributed by atoms with Crippen molar-refractivity contribution in [3.05, 3.63) is 64.6 Å². The van der Waals surface area contributed by atoms with Crippen molar-refractivity contribution < 1.29 is 24.2 Å². The van der Waals surface area contributed by atoms with Crippen LogP contribution in [0.25, 0.3) is 6.08 Å². The Balaban J connectivity index is 1.88. The summed E-state index contributed by atoms with van der Waals surface area (Å²) in [5.41, 5.74) is 1.23. The maximum Gasteiger partial charge on any atom is 0.331 e. The lowest BCUT2D eigenvalue weighted by Crippen LogP contribution is -2.37. The summed E-state index contributed by atoms with van der Waals surface area (Å²) in [5, 5.41) is 9.80. The van der Waals surface area contributed by atoms with Crippen molar-refractivity contribution in [3.8, 4) is 11.5 Å². The maximum absolute atomic E-state index is 13.1. The minimum atomic E-state index is -1.18. The van der Waals surface area contributed by atoms with Crippen LogP contribution in [0.3, 0.4) is 0 Å². The molecule has 2 aromatic rings. The average Bonchev–Trinajstić information content (AvgIpc) is 3.04. The van der Waals surface area contributed by atoms with E-state index in [2.05, 4.69) is 6.92 Å². The first-order valence-corrected chi connectivity index (χ1v) is 11.6. The Morgan fingerprint density at radius 2 is 1.91 bits per heavy atom. The number of thiocarbonyl (C=S) groups is 1. The number of nitrogens with zero attached hydrogens (tertiary/aromatic N) is 1. The third-order valence-electron chi connectivity index (χ3n) is 4.75. The number of rotatable bonds is 10. The highest BCUT2D eigenvalue weighted by Gasteiger charge is 2.41. The second kappa shape index (κ2) is 11.2. The molecular weight excluding hydrogens is 446 g/mol. The fourth-order valence-electron chi connectivity index (χ4n) is 3.22. The first-order chi connectivity index (χ1) is 15.5. The molecule has 1 fully saturated rings. The van der Waals surface area contributed by atoms with Gasteiger partial charge in [-0.3, -0.25) is 9.69 Å². The standard InChI is InChI=1S/C24H25NO5S2/c1-3-5-13-30-18-12-11-16(14-19(18)29-4-2)15-20-22(26)25(24(31)32-20)21(23(27)28)17-9-7-6-8-10-17/h6-12,14-15,21H,3-5,13H2,1-2H3,(H,27,28)/b20-15-. The van der Waals surface area contributed by atoms with Crippen molar-refractivity contribution in [3.63, 3.8) is 0 Å². The van der Waals surface area contributed by atoms with E-state index in [0.29, 0.717) is 35.2 Å². The third-order valence-corrected chi connectivity index (χ3v) is 6.08. The van der Waals surface area contributed by atoms with E-state index in [1.54, 1.807) is 36.4 Å². The Labute approximate surface area is 197 Å². The SMILES string of the molecule is CCCCOc1ccc(/C=C2\SC(=S)N(C(C(=O)O)c3ccccc3)C2=O)cc1OCC. The molecule has 8 heteroatoms. The van der Waals surface area contributed by atoms with Crippen LogP contribution < -0.4 is 9.47 Å². The minimum absolute atomic E-state index is 0.210. The molecule has 6 nitrogen and oxygen atoms in total.